The molecule has 0 saturated carbocycles. The molecule has 2 aromatic carbocycles. The molecule has 2 N–H and O–H groups in total. The summed E-state index contributed by atoms with van der Waals surface area (Å²) in [4.78, 5) is 29.6. The first-order valence-electron chi connectivity index (χ1n) is 11.2. The smallest absolute Gasteiger partial charge is 0.416 e. The van der Waals surface area contributed by atoms with E-state index in [0.29, 0.717) is 17.7 Å². The van der Waals surface area contributed by atoms with Gasteiger partial charge in [-0.25, -0.2) is 9.78 Å². The molecule has 1 fully saturated rings. The topological polar surface area (TPSA) is 90.7 Å². The summed E-state index contributed by atoms with van der Waals surface area (Å²) in [6.07, 6.45) is -8.47. The number of thiocarbonyl (C=S) groups is 1. The van der Waals surface area contributed by atoms with Crippen molar-refractivity contribution in [1.82, 2.24) is 9.88 Å². The van der Waals surface area contributed by atoms with Crippen LogP contribution in [0.3, 0.4) is 0 Å². The van der Waals surface area contributed by atoms with E-state index >= 15 is 0 Å². The Morgan fingerprint density at radius 1 is 1.00 bits per heavy atom. The lowest BCUT2D eigenvalue weighted by Gasteiger charge is -2.14. The van der Waals surface area contributed by atoms with Crippen LogP contribution in [-0.4, -0.2) is 42.8 Å². The molecule has 1 saturated heterocycles. The largest absolute Gasteiger partial charge is 0.507 e. The predicted molar refractivity (Wildman–Crippen MR) is 138 cm³/mol. The monoisotopic (exact) mass is 598 g/mol. The van der Waals surface area contributed by atoms with Crippen molar-refractivity contribution in [3.05, 3.63) is 87.5 Å². The van der Waals surface area contributed by atoms with E-state index in [0.717, 1.165) is 11.8 Å². The number of carboxylic acid groups (broad SMARTS) is 1. The minimum Gasteiger partial charge on any atom is -0.507 e. The van der Waals surface area contributed by atoms with Crippen LogP contribution >= 0.6 is 24.0 Å². The number of hydrogen-bond acceptors (Lipinski definition) is 6. The summed E-state index contributed by atoms with van der Waals surface area (Å²) in [7, 11) is 0. The van der Waals surface area contributed by atoms with E-state index in [2.05, 4.69) is 4.98 Å². The van der Waals surface area contributed by atoms with Gasteiger partial charge in [0.05, 0.1) is 27.4 Å². The molecule has 0 aliphatic carbocycles. The van der Waals surface area contributed by atoms with Crippen molar-refractivity contribution in [3.63, 3.8) is 0 Å². The quantitative estimate of drug-likeness (QED) is 0.187. The zero-order valence-corrected chi connectivity index (χ0v) is 21.5. The van der Waals surface area contributed by atoms with E-state index in [1.54, 1.807) is 0 Å². The highest BCUT2D eigenvalue weighted by Crippen LogP contribution is 2.39. The maximum atomic E-state index is 13.3. The number of carboxylic acids is 1. The molecule has 4 rings (SSSR count). The number of aromatic nitrogens is 1. The average molecular weight is 599 g/mol. The third-order valence-electron chi connectivity index (χ3n) is 5.72. The number of benzene rings is 2. The van der Waals surface area contributed by atoms with Crippen LogP contribution in [0.5, 0.6) is 5.75 Å². The maximum Gasteiger partial charge on any atom is 0.416 e. The van der Waals surface area contributed by atoms with Crippen molar-refractivity contribution < 1.29 is 46.1 Å². The Kier molecular flexibility index (Phi) is 7.94. The number of halogens is 6. The molecule has 3 aromatic rings. The lowest BCUT2D eigenvalue weighted by Crippen LogP contribution is -2.30. The third kappa shape index (κ3) is 6.45. The summed E-state index contributed by atoms with van der Waals surface area (Å²) in [5.74, 6) is -2.21. The van der Waals surface area contributed by atoms with Gasteiger partial charge in [0.1, 0.15) is 15.6 Å². The Labute approximate surface area is 232 Å². The molecule has 40 heavy (non-hydrogen) atoms. The fraction of sp³-hybridized carbons (Fsp3) is 0.154. The van der Waals surface area contributed by atoms with Gasteiger partial charge in [0, 0.05) is 12.1 Å². The standard InChI is InChI=1S/C26H16F6N2O4S2/c27-25(28,29)15-9-14(10-16(11-15)26(30,31)32)19-3-1-2-17(33-19)12-21-22(36)34(24(39)40-21)7-6-13-4-5-18(23(37)38)20(35)8-13/h1-5,8-12,35H,6-7H2,(H,37,38). The van der Waals surface area contributed by atoms with E-state index in [-0.39, 0.29) is 45.2 Å². The number of amides is 1. The molecule has 208 valence electrons. The summed E-state index contributed by atoms with van der Waals surface area (Å²) >= 11 is 6.21. The Morgan fingerprint density at radius 3 is 2.23 bits per heavy atom. The zero-order valence-electron chi connectivity index (χ0n) is 19.9. The van der Waals surface area contributed by atoms with Crippen LogP contribution in [0.15, 0.2) is 59.5 Å². The van der Waals surface area contributed by atoms with Gasteiger partial charge in [-0.2, -0.15) is 26.3 Å². The van der Waals surface area contributed by atoms with E-state index in [4.69, 9.17) is 17.3 Å². The van der Waals surface area contributed by atoms with Gasteiger partial charge >= 0.3 is 18.3 Å². The highest BCUT2D eigenvalue weighted by atomic mass is 32.2. The fourth-order valence-corrected chi connectivity index (χ4v) is 5.07. The molecule has 0 bridgehead atoms. The summed E-state index contributed by atoms with van der Waals surface area (Å²) in [6.45, 7) is 0.103. The third-order valence-corrected chi connectivity index (χ3v) is 7.10. The van der Waals surface area contributed by atoms with Crippen molar-refractivity contribution in [2.24, 2.45) is 0 Å². The van der Waals surface area contributed by atoms with Crippen molar-refractivity contribution in [1.29, 1.82) is 0 Å². The molecular formula is C26H16F6N2O4S2. The van der Waals surface area contributed by atoms with Crippen LogP contribution < -0.4 is 0 Å². The molecule has 14 heteroatoms. The molecule has 0 radical (unpaired) electrons. The minimum atomic E-state index is -5.02. The van der Waals surface area contributed by atoms with Gasteiger partial charge in [-0.1, -0.05) is 36.1 Å². The molecular weight excluding hydrogens is 582 g/mol. The number of alkyl halides is 6. The second kappa shape index (κ2) is 10.9. The molecule has 1 amide bonds. The van der Waals surface area contributed by atoms with Crippen LogP contribution in [0, 0.1) is 0 Å². The predicted octanol–water partition coefficient (Wildman–Crippen LogP) is 6.63. The molecule has 0 unspecified atom stereocenters. The van der Waals surface area contributed by atoms with E-state index in [9.17, 15) is 41.0 Å². The number of carbonyl (C=O) groups is 2. The highest BCUT2D eigenvalue weighted by Gasteiger charge is 2.37. The second-order valence-corrected chi connectivity index (χ2v) is 10.2. The molecule has 0 spiro atoms. The number of pyridine rings is 1. The first-order chi connectivity index (χ1) is 18.6. The number of hydrogen-bond donors (Lipinski definition) is 2. The van der Waals surface area contributed by atoms with Gasteiger partial charge in [0.15, 0.2) is 0 Å². The van der Waals surface area contributed by atoms with Crippen molar-refractivity contribution in [2.45, 2.75) is 18.8 Å². The maximum absolute atomic E-state index is 13.3. The van der Waals surface area contributed by atoms with E-state index in [1.807, 2.05) is 0 Å². The van der Waals surface area contributed by atoms with Gasteiger partial charge in [-0.15, -0.1) is 0 Å². The molecule has 6 nitrogen and oxygen atoms in total. The number of aromatic hydroxyl groups is 1. The van der Waals surface area contributed by atoms with E-state index in [1.165, 1.54) is 47.4 Å². The average Bonchev–Trinajstić information content (AvgIpc) is 3.13. The van der Waals surface area contributed by atoms with Crippen molar-refractivity contribution >= 4 is 46.3 Å². The molecule has 1 aromatic heterocycles. The Morgan fingerprint density at radius 2 is 1.65 bits per heavy atom. The lowest BCUT2D eigenvalue weighted by atomic mass is 10.0. The first kappa shape index (κ1) is 29.1. The van der Waals surface area contributed by atoms with Crippen LogP contribution in [0.4, 0.5) is 26.3 Å². The minimum absolute atomic E-state index is 0.0283. The fourth-order valence-electron chi connectivity index (χ4n) is 3.78. The zero-order chi connectivity index (χ0) is 29.4. The van der Waals surface area contributed by atoms with Crippen LogP contribution in [0.2, 0.25) is 0 Å². The Hall–Kier alpha value is -3.91. The normalized spacial score (nSPS) is 15.2. The number of carbonyl (C=O) groups excluding carboxylic acids is 1. The molecule has 2 heterocycles. The van der Waals surface area contributed by atoms with Gasteiger partial charge in [-0.3, -0.25) is 9.69 Å². The van der Waals surface area contributed by atoms with Crippen molar-refractivity contribution in [3.8, 4) is 17.0 Å². The number of phenols is 1. The summed E-state index contributed by atoms with van der Waals surface area (Å²) in [6, 6.07) is 9.23. The van der Waals surface area contributed by atoms with Crippen LogP contribution in [0.1, 0.15) is 32.7 Å². The Bertz CT molecular complexity index is 1520. The van der Waals surface area contributed by atoms with Crippen LogP contribution in [0.25, 0.3) is 17.3 Å². The van der Waals surface area contributed by atoms with Gasteiger partial charge in [0.25, 0.3) is 5.91 Å². The number of rotatable bonds is 6. The molecule has 1 aliphatic heterocycles. The second-order valence-electron chi connectivity index (χ2n) is 8.48. The number of thioether (sulfide) groups is 1. The van der Waals surface area contributed by atoms with Gasteiger partial charge in [-0.05, 0) is 60.5 Å². The number of aromatic carboxylic acids is 1. The van der Waals surface area contributed by atoms with Gasteiger partial charge in [0.2, 0.25) is 0 Å². The van der Waals surface area contributed by atoms with E-state index < -0.39 is 46.7 Å². The molecule has 0 atom stereocenters. The van der Waals surface area contributed by atoms with Gasteiger partial charge < -0.3 is 10.2 Å². The van der Waals surface area contributed by atoms with Crippen LogP contribution in [-0.2, 0) is 23.6 Å². The summed E-state index contributed by atoms with van der Waals surface area (Å²) in [5.41, 5.74) is -3.13. The summed E-state index contributed by atoms with van der Waals surface area (Å²) in [5, 5.41) is 18.9. The SMILES string of the molecule is O=C(O)c1ccc(CCN2C(=O)C(=Cc3cccc(-c4cc(C(F)(F)F)cc(C(F)(F)F)c4)n3)SC2=S)cc1O. The first-order valence-corrected chi connectivity index (χ1v) is 12.4. The highest BCUT2D eigenvalue weighted by molar-refractivity contribution is 8.26. The summed E-state index contributed by atoms with van der Waals surface area (Å²) < 4.78 is 79.8. The number of nitrogens with zero attached hydrogens (tertiary/aromatic N) is 2. The molecule has 1 aliphatic rings. The Balaban J connectivity index is 1.57. The lowest BCUT2D eigenvalue weighted by molar-refractivity contribution is -0.143. The van der Waals surface area contributed by atoms with Crippen molar-refractivity contribution in [2.75, 3.05) is 6.54 Å².